The Hall–Kier alpha value is -2.54. The van der Waals surface area contributed by atoms with Crippen molar-refractivity contribution in [2.45, 2.75) is 19.9 Å². The van der Waals surface area contributed by atoms with Crippen LogP contribution in [0, 0.1) is 0 Å². The molecule has 0 radical (unpaired) electrons. The van der Waals surface area contributed by atoms with Gasteiger partial charge in [-0.3, -0.25) is 4.90 Å². The first kappa shape index (κ1) is 16.8. The summed E-state index contributed by atoms with van der Waals surface area (Å²) in [5.74, 6) is -0.503. The van der Waals surface area contributed by atoms with Crippen LogP contribution in [0.4, 0.5) is 4.79 Å². The van der Waals surface area contributed by atoms with E-state index in [-0.39, 0.29) is 31.1 Å². The predicted molar refractivity (Wildman–Crippen MR) is 82.5 cm³/mol. The number of allylic oxidation sites excluding steroid dienone is 1. The third kappa shape index (κ3) is 3.45. The van der Waals surface area contributed by atoms with E-state index in [1.54, 1.807) is 26.0 Å². The second-order valence-electron chi connectivity index (χ2n) is 5.07. The van der Waals surface area contributed by atoms with Gasteiger partial charge in [0.1, 0.15) is 5.75 Å². The second kappa shape index (κ2) is 7.15. The Morgan fingerprint density at radius 2 is 2.17 bits per heavy atom. The van der Waals surface area contributed by atoms with Crippen molar-refractivity contribution in [1.82, 2.24) is 10.2 Å². The smallest absolute Gasteiger partial charge is 0.338 e. The summed E-state index contributed by atoms with van der Waals surface area (Å²) in [6.07, 6.45) is 0. The lowest BCUT2D eigenvalue weighted by Gasteiger charge is -2.35. The Morgan fingerprint density at radius 3 is 2.78 bits per heavy atom. The fourth-order valence-corrected chi connectivity index (χ4v) is 2.58. The Morgan fingerprint density at radius 1 is 1.43 bits per heavy atom. The number of nitrogens with zero attached hydrogens (tertiary/aromatic N) is 1. The summed E-state index contributed by atoms with van der Waals surface area (Å²) in [5, 5.41) is 21.5. The molecule has 2 rings (SSSR count). The molecule has 0 unspecified atom stereocenters. The van der Waals surface area contributed by atoms with E-state index in [0.29, 0.717) is 11.3 Å². The number of esters is 1. The first-order valence-corrected chi connectivity index (χ1v) is 7.35. The summed E-state index contributed by atoms with van der Waals surface area (Å²) in [5.41, 5.74) is 1.28. The van der Waals surface area contributed by atoms with E-state index in [0.717, 1.165) is 0 Å². The molecule has 1 aromatic carbocycles. The first-order chi connectivity index (χ1) is 11.0. The quantitative estimate of drug-likeness (QED) is 0.710. The van der Waals surface area contributed by atoms with Crippen LogP contribution in [0.1, 0.15) is 25.5 Å². The third-order valence-electron chi connectivity index (χ3n) is 3.62. The SMILES string of the molecule is CCOC(=O)C1=C(C)N(CCO)C(=O)N[C@H]1c1cccc(O)c1. The number of carbonyl (C=O) groups excluding carboxylic acids is 2. The number of aliphatic hydroxyl groups excluding tert-OH is 1. The number of urea groups is 1. The first-order valence-electron chi connectivity index (χ1n) is 7.35. The van der Waals surface area contributed by atoms with Gasteiger partial charge in [-0.2, -0.15) is 0 Å². The van der Waals surface area contributed by atoms with Crippen molar-refractivity contribution in [3.8, 4) is 5.75 Å². The van der Waals surface area contributed by atoms with Crippen LogP contribution in [-0.2, 0) is 9.53 Å². The van der Waals surface area contributed by atoms with E-state index in [1.165, 1.54) is 17.0 Å². The van der Waals surface area contributed by atoms with E-state index in [9.17, 15) is 14.7 Å². The average Bonchev–Trinajstić information content (AvgIpc) is 2.51. The molecule has 1 aliphatic heterocycles. The van der Waals surface area contributed by atoms with Crippen LogP contribution >= 0.6 is 0 Å². The normalized spacial score (nSPS) is 18.0. The maximum Gasteiger partial charge on any atom is 0.338 e. The van der Waals surface area contributed by atoms with Crippen molar-refractivity contribution >= 4 is 12.0 Å². The summed E-state index contributed by atoms with van der Waals surface area (Å²) in [6, 6.07) is 5.20. The monoisotopic (exact) mass is 320 g/mol. The van der Waals surface area contributed by atoms with Crippen molar-refractivity contribution in [3.63, 3.8) is 0 Å². The summed E-state index contributed by atoms with van der Waals surface area (Å²) >= 11 is 0. The number of rotatable bonds is 5. The van der Waals surface area contributed by atoms with Crippen LogP contribution in [0.2, 0.25) is 0 Å². The molecule has 0 fully saturated rings. The van der Waals surface area contributed by atoms with Gasteiger partial charge in [-0.15, -0.1) is 0 Å². The van der Waals surface area contributed by atoms with Crippen molar-refractivity contribution in [1.29, 1.82) is 0 Å². The van der Waals surface area contributed by atoms with E-state index in [1.807, 2.05) is 0 Å². The number of benzene rings is 1. The largest absolute Gasteiger partial charge is 0.508 e. The highest BCUT2D eigenvalue weighted by Gasteiger charge is 2.36. The van der Waals surface area contributed by atoms with Gasteiger partial charge >= 0.3 is 12.0 Å². The van der Waals surface area contributed by atoms with Gasteiger partial charge in [-0.1, -0.05) is 12.1 Å². The third-order valence-corrected chi connectivity index (χ3v) is 3.62. The number of amides is 2. The molecule has 1 atom stereocenters. The number of β-amino-alcohol motifs (C(OH)–C–C–N with tert-alkyl or cyclic N) is 1. The van der Waals surface area contributed by atoms with Crippen molar-refractivity contribution in [3.05, 3.63) is 41.1 Å². The topological polar surface area (TPSA) is 99.1 Å². The van der Waals surface area contributed by atoms with Crippen LogP contribution in [0.25, 0.3) is 0 Å². The van der Waals surface area contributed by atoms with Crippen LogP contribution in [-0.4, -0.2) is 46.9 Å². The van der Waals surface area contributed by atoms with Gasteiger partial charge in [0.25, 0.3) is 0 Å². The molecule has 23 heavy (non-hydrogen) atoms. The number of ether oxygens (including phenoxy) is 1. The standard InChI is InChI=1S/C16H20N2O5/c1-3-23-15(21)13-10(2)18(7-8-19)16(22)17-14(13)11-5-4-6-12(20)9-11/h4-6,9,14,19-20H,3,7-8H2,1-2H3,(H,17,22)/t14-/m0/s1. The minimum Gasteiger partial charge on any atom is -0.508 e. The summed E-state index contributed by atoms with van der Waals surface area (Å²) in [7, 11) is 0. The Kier molecular flexibility index (Phi) is 5.23. The minimum absolute atomic E-state index is 0.0374. The number of aromatic hydroxyl groups is 1. The molecule has 1 aliphatic rings. The number of carbonyl (C=O) groups is 2. The second-order valence-corrected chi connectivity index (χ2v) is 5.07. The van der Waals surface area contributed by atoms with E-state index >= 15 is 0 Å². The van der Waals surface area contributed by atoms with Crippen molar-refractivity contribution in [2.24, 2.45) is 0 Å². The molecular weight excluding hydrogens is 300 g/mol. The average molecular weight is 320 g/mol. The van der Waals surface area contributed by atoms with Gasteiger partial charge in [-0.05, 0) is 31.5 Å². The van der Waals surface area contributed by atoms with Gasteiger partial charge in [0.2, 0.25) is 0 Å². The maximum atomic E-state index is 12.4. The lowest BCUT2D eigenvalue weighted by Crippen LogP contribution is -2.48. The summed E-state index contributed by atoms with van der Waals surface area (Å²) in [4.78, 5) is 25.9. The summed E-state index contributed by atoms with van der Waals surface area (Å²) < 4.78 is 5.10. The molecule has 0 aliphatic carbocycles. The number of phenolic OH excluding ortho intramolecular Hbond substituents is 1. The van der Waals surface area contributed by atoms with Gasteiger partial charge in [0.15, 0.2) is 0 Å². The molecule has 7 heteroatoms. The lowest BCUT2D eigenvalue weighted by atomic mass is 9.94. The van der Waals surface area contributed by atoms with Crippen LogP contribution < -0.4 is 5.32 Å². The number of aliphatic hydroxyl groups is 1. The molecule has 0 spiro atoms. The number of hydrogen-bond acceptors (Lipinski definition) is 5. The van der Waals surface area contributed by atoms with Gasteiger partial charge in [0.05, 0.1) is 31.4 Å². The molecule has 1 heterocycles. The molecule has 0 aromatic heterocycles. The zero-order valence-electron chi connectivity index (χ0n) is 13.1. The summed E-state index contributed by atoms with van der Waals surface area (Å²) in [6.45, 7) is 3.39. The van der Waals surface area contributed by atoms with E-state index < -0.39 is 18.0 Å². The van der Waals surface area contributed by atoms with Crippen molar-refractivity contribution < 1.29 is 24.5 Å². The Bertz CT molecular complexity index is 641. The highest BCUT2D eigenvalue weighted by atomic mass is 16.5. The zero-order chi connectivity index (χ0) is 17.0. The molecule has 0 saturated heterocycles. The number of nitrogens with one attached hydrogen (secondary N) is 1. The van der Waals surface area contributed by atoms with Crippen LogP contribution in [0.15, 0.2) is 35.5 Å². The molecule has 2 amide bonds. The van der Waals surface area contributed by atoms with Gasteiger partial charge < -0.3 is 20.3 Å². The lowest BCUT2D eigenvalue weighted by molar-refractivity contribution is -0.139. The minimum atomic E-state index is -0.719. The zero-order valence-corrected chi connectivity index (χ0v) is 13.1. The fourth-order valence-electron chi connectivity index (χ4n) is 2.58. The molecule has 124 valence electrons. The fraction of sp³-hybridized carbons (Fsp3) is 0.375. The molecule has 0 bridgehead atoms. The molecule has 3 N–H and O–H groups in total. The van der Waals surface area contributed by atoms with E-state index in [2.05, 4.69) is 5.32 Å². The highest BCUT2D eigenvalue weighted by molar-refractivity contribution is 5.95. The Labute approximate surface area is 134 Å². The van der Waals surface area contributed by atoms with Gasteiger partial charge in [0, 0.05) is 5.70 Å². The van der Waals surface area contributed by atoms with Gasteiger partial charge in [-0.25, -0.2) is 9.59 Å². The number of phenols is 1. The molecule has 7 nitrogen and oxygen atoms in total. The predicted octanol–water partition coefficient (Wildman–Crippen LogP) is 1.29. The molecular formula is C16H20N2O5. The Balaban J connectivity index is 2.51. The molecule has 0 saturated carbocycles. The van der Waals surface area contributed by atoms with Crippen molar-refractivity contribution in [2.75, 3.05) is 19.8 Å². The van der Waals surface area contributed by atoms with Crippen LogP contribution in [0.3, 0.4) is 0 Å². The highest BCUT2D eigenvalue weighted by Crippen LogP contribution is 2.32. The number of hydrogen-bond donors (Lipinski definition) is 3. The maximum absolute atomic E-state index is 12.4. The molecule has 1 aromatic rings. The van der Waals surface area contributed by atoms with E-state index in [4.69, 9.17) is 9.84 Å². The van der Waals surface area contributed by atoms with Crippen LogP contribution in [0.5, 0.6) is 5.75 Å².